The molecule has 2 rings (SSSR count). The van der Waals surface area contributed by atoms with Crippen molar-refractivity contribution in [2.24, 2.45) is 11.1 Å². The minimum Gasteiger partial charge on any atom is -0.326 e. The van der Waals surface area contributed by atoms with Gasteiger partial charge in [0.1, 0.15) is 5.69 Å². The summed E-state index contributed by atoms with van der Waals surface area (Å²) < 4.78 is 76.2. The van der Waals surface area contributed by atoms with Crippen LogP contribution < -0.4 is 5.73 Å². The number of aromatic nitrogens is 1. The van der Waals surface area contributed by atoms with Crippen LogP contribution in [0.4, 0.5) is 26.3 Å². The summed E-state index contributed by atoms with van der Waals surface area (Å²) in [5.41, 5.74) is 3.00. The molecule has 118 valence electrons. The van der Waals surface area contributed by atoms with Crippen molar-refractivity contribution in [1.29, 1.82) is 0 Å². The molecule has 0 bridgehead atoms. The number of rotatable bonds is 3. The quantitative estimate of drug-likeness (QED) is 0.860. The third kappa shape index (κ3) is 2.86. The summed E-state index contributed by atoms with van der Waals surface area (Å²) in [6, 6.07) is 0.689. The molecular weight excluding hydrogens is 298 g/mol. The van der Waals surface area contributed by atoms with Crippen molar-refractivity contribution in [3.8, 4) is 0 Å². The van der Waals surface area contributed by atoms with Crippen LogP contribution in [-0.4, -0.2) is 17.2 Å². The van der Waals surface area contributed by atoms with Gasteiger partial charge in [0, 0.05) is 12.2 Å². The predicted molar refractivity (Wildman–Crippen MR) is 63.4 cm³/mol. The molecule has 1 aliphatic carbocycles. The van der Waals surface area contributed by atoms with Gasteiger partial charge in [-0.3, -0.25) is 4.98 Å². The van der Waals surface area contributed by atoms with E-state index in [0.29, 0.717) is 0 Å². The van der Waals surface area contributed by atoms with Gasteiger partial charge in [0.2, 0.25) is 0 Å². The molecule has 1 heterocycles. The van der Waals surface area contributed by atoms with Gasteiger partial charge in [-0.15, -0.1) is 0 Å². The Morgan fingerprint density at radius 1 is 1.14 bits per heavy atom. The van der Waals surface area contributed by atoms with Crippen molar-refractivity contribution >= 4 is 0 Å². The number of alkyl halides is 6. The van der Waals surface area contributed by atoms with Crippen molar-refractivity contribution in [2.45, 2.75) is 44.1 Å². The molecule has 21 heavy (non-hydrogen) atoms. The fraction of sp³-hybridized carbons (Fsp3) is 0.615. The van der Waals surface area contributed by atoms with Gasteiger partial charge in [0.25, 0.3) is 0 Å². The molecule has 0 amide bonds. The maximum Gasteiger partial charge on any atom is 0.433 e. The van der Waals surface area contributed by atoms with E-state index in [1.165, 1.54) is 6.92 Å². The van der Waals surface area contributed by atoms with Crippen LogP contribution in [0.25, 0.3) is 0 Å². The third-order valence-electron chi connectivity index (χ3n) is 4.13. The first kappa shape index (κ1) is 16.1. The highest BCUT2D eigenvalue weighted by atomic mass is 19.4. The lowest BCUT2D eigenvalue weighted by Crippen LogP contribution is -2.45. The lowest BCUT2D eigenvalue weighted by Gasteiger charge is -2.30. The molecule has 1 aromatic rings. The van der Waals surface area contributed by atoms with Gasteiger partial charge in [-0.05, 0) is 30.4 Å². The first-order valence-electron chi connectivity index (χ1n) is 6.34. The Morgan fingerprint density at radius 2 is 1.71 bits per heavy atom. The number of nitrogens with two attached hydrogens (primary N) is 1. The van der Waals surface area contributed by atoms with Crippen molar-refractivity contribution in [3.05, 3.63) is 29.6 Å². The van der Waals surface area contributed by atoms with Gasteiger partial charge in [-0.2, -0.15) is 26.3 Å². The van der Waals surface area contributed by atoms with Crippen LogP contribution in [0, 0.1) is 5.41 Å². The van der Waals surface area contributed by atoms with Crippen LogP contribution in [0.15, 0.2) is 18.3 Å². The van der Waals surface area contributed by atoms with E-state index in [1.54, 1.807) is 0 Å². The molecule has 2 nitrogen and oxygen atoms in total. The summed E-state index contributed by atoms with van der Waals surface area (Å²) in [4.78, 5) is 3.26. The molecule has 0 radical (unpaired) electrons. The molecule has 0 spiro atoms. The Morgan fingerprint density at radius 3 is 2.05 bits per heavy atom. The maximum absolute atomic E-state index is 13.0. The number of nitrogens with zero attached hydrogens (tertiary/aromatic N) is 1. The zero-order chi connectivity index (χ0) is 16.1. The summed E-state index contributed by atoms with van der Waals surface area (Å²) >= 11 is 0. The molecule has 1 fully saturated rings. The average molecular weight is 312 g/mol. The number of hydrogen-bond donors (Lipinski definition) is 1. The third-order valence-corrected chi connectivity index (χ3v) is 4.13. The van der Waals surface area contributed by atoms with Gasteiger partial charge >= 0.3 is 12.4 Å². The van der Waals surface area contributed by atoms with Gasteiger partial charge in [0.05, 0.1) is 5.41 Å². The highest BCUT2D eigenvalue weighted by molar-refractivity contribution is 5.23. The monoisotopic (exact) mass is 312 g/mol. The van der Waals surface area contributed by atoms with Gasteiger partial charge in [-0.1, -0.05) is 13.0 Å². The van der Waals surface area contributed by atoms with E-state index in [9.17, 15) is 26.3 Å². The number of hydrogen-bond acceptors (Lipinski definition) is 2. The van der Waals surface area contributed by atoms with Crippen LogP contribution in [-0.2, 0) is 6.18 Å². The van der Waals surface area contributed by atoms with E-state index in [2.05, 4.69) is 4.98 Å². The second-order valence-corrected chi connectivity index (χ2v) is 5.44. The van der Waals surface area contributed by atoms with Crippen LogP contribution in [0.5, 0.6) is 0 Å². The Bertz CT molecular complexity index is 501. The Kier molecular flexibility index (Phi) is 3.72. The highest BCUT2D eigenvalue weighted by Crippen LogP contribution is 2.61. The lowest BCUT2D eigenvalue weighted by molar-refractivity contribution is -0.194. The maximum atomic E-state index is 13.0. The number of pyridine rings is 1. The second kappa shape index (κ2) is 4.86. The molecular formula is C13H14F6N2. The zero-order valence-electron chi connectivity index (χ0n) is 11.1. The summed E-state index contributed by atoms with van der Waals surface area (Å²) in [6.45, 7) is 1.47. The van der Waals surface area contributed by atoms with Crippen LogP contribution >= 0.6 is 0 Å². The van der Waals surface area contributed by atoms with Crippen molar-refractivity contribution in [2.75, 3.05) is 0 Å². The Labute approximate surface area is 117 Å². The summed E-state index contributed by atoms with van der Waals surface area (Å²) in [5, 5.41) is 0. The van der Waals surface area contributed by atoms with Crippen LogP contribution in [0.2, 0.25) is 0 Å². The van der Waals surface area contributed by atoms with E-state index in [1.807, 2.05) is 0 Å². The van der Waals surface area contributed by atoms with Crippen LogP contribution in [0.3, 0.4) is 0 Å². The summed E-state index contributed by atoms with van der Waals surface area (Å²) in [6.07, 6.45) is -8.13. The highest BCUT2D eigenvalue weighted by Gasteiger charge is 2.67. The predicted octanol–water partition coefficient (Wildman–Crippen LogP) is 3.87. The Hall–Kier alpha value is -1.31. The molecule has 0 aromatic carbocycles. The van der Waals surface area contributed by atoms with Gasteiger partial charge in [0.15, 0.2) is 0 Å². The molecule has 8 heteroatoms. The Balaban J connectivity index is 2.19. The molecule has 0 saturated heterocycles. The lowest BCUT2D eigenvalue weighted by atomic mass is 9.83. The largest absolute Gasteiger partial charge is 0.433 e. The van der Waals surface area contributed by atoms with Crippen LogP contribution in [0.1, 0.15) is 36.9 Å². The number of halogens is 6. The SMILES string of the molecule is CC(c1ccc(C(F)(F)F)nc1)C(N)C1(C(F)(F)F)CC1. The van der Waals surface area contributed by atoms with E-state index in [-0.39, 0.29) is 18.4 Å². The van der Waals surface area contributed by atoms with Crippen molar-refractivity contribution in [1.82, 2.24) is 4.98 Å². The van der Waals surface area contributed by atoms with E-state index < -0.39 is 35.4 Å². The van der Waals surface area contributed by atoms with E-state index >= 15 is 0 Å². The molecule has 1 aromatic heterocycles. The first-order chi connectivity index (χ1) is 9.49. The molecule has 2 N–H and O–H groups in total. The fourth-order valence-electron chi connectivity index (χ4n) is 2.47. The first-order valence-corrected chi connectivity index (χ1v) is 6.34. The van der Waals surface area contributed by atoms with Crippen molar-refractivity contribution < 1.29 is 26.3 Å². The smallest absolute Gasteiger partial charge is 0.326 e. The standard InChI is InChI=1S/C13H14F6N2/c1-7(10(20)11(4-5-11)13(17,18)19)8-2-3-9(21-6-8)12(14,15)16/h2-3,6-7,10H,4-5,20H2,1H3. The van der Waals surface area contributed by atoms with Crippen molar-refractivity contribution in [3.63, 3.8) is 0 Å². The summed E-state index contributed by atoms with van der Waals surface area (Å²) in [5.74, 6) is -0.732. The second-order valence-electron chi connectivity index (χ2n) is 5.44. The normalized spacial score (nSPS) is 21.0. The van der Waals surface area contributed by atoms with E-state index in [0.717, 1.165) is 18.3 Å². The molecule has 0 aliphatic heterocycles. The van der Waals surface area contributed by atoms with E-state index in [4.69, 9.17) is 5.73 Å². The zero-order valence-corrected chi connectivity index (χ0v) is 11.1. The minimum atomic E-state index is -4.58. The molecule has 2 atom stereocenters. The molecule has 1 aliphatic rings. The average Bonchev–Trinajstić information content (AvgIpc) is 3.17. The molecule has 1 saturated carbocycles. The molecule has 2 unspecified atom stereocenters. The van der Waals surface area contributed by atoms with Gasteiger partial charge in [-0.25, -0.2) is 0 Å². The topological polar surface area (TPSA) is 38.9 Å². The minimum absolute atomic E-state index is 0.0456. The summed E-state index contributed by atoms with van der Waals surface area (Å²) in [7, 11) is 0. The fourth-order valence-corrected chi connectivity index (χ4v) is 2.47. The van der Waals surface area contributed by atoms with Gasteiger partial charge < -0.3 is 5.73 Å².